The molecule has 1 aliphatic heterocycles. The maximum atomic E-state index is 12.2. The van der Waals surface area contributed by atoms with Gasteiger partial charge in [0, 0.05) is 5.57 Å². The fourth-order valence-corrected chi connectivity index (χ4v) is 2.73. The van der Waals surface area contributed by atoms with Crippen LogP contribution in [0.3, 0.4) is 0 Å². The van der Waals surface area contributed by atoms with E-state index < -0.39 is 35.9 Å². The van der Waals surface area contributed by atoms with Crippen molar-refractivity contribution in [2.24, 2.45) is 0 Å². The Morgan fingerprint density at radius 3 is 2.46 bits per heavy atom. The average Bonchev–Trinajstić information content (AvgIpc) is 3.08. The van der Waals surface area contributed by atoms with E-state index in [0.717, 1.165) is 0 Å². The van der Waals surface area contributed by atoms with Crippen LogP contribution in [0.2, 0.25) is 0 Å². The highest BCUT2D eigenvalue weighted by Crippen LogP contribution is 2.55. The predicted octanol–water partition coefficient (Wildman–Crippen LogP) is 2.14. The maximum absolute atomic E-state index is 12.2. The van der Waals surface area contributed by atoms with Gasteiger partial charge in [0.25, 0.3) is 0 Å². The predicted molar refractivity (Wildman–Crippen MR) is 84.2 cm³/mol. The molecule has 1 N–H and O–H groups in total. The number of rotatable bonds is 6. The van der Waals surface area contributed by atoms with Crippen molar-refractivity contribution in [3.05, 3.63) is 23.3 Å². The third kappa shape index (κ3) is 2.57. The van der Waals surface area contributed by atoms with E-state index in [0.29, 0.717) is 0 Å². The Morgan fingerprint density at radius 2 is 1.88 bits per heavy atom. The summed E-state index contributed by atoms with van der Waals surface area (Å²) in [6.45, 7) is 7.82. The zero-order chi connectivity index (χ0) is 19.4. The second kappa shape index (κ2) is 5.58. The molecule has 0 aliphatic carbocycles. The van der Waals surface area contributed by atoms with Crippen LogP contribution in [0.5, 0.6) is 11.5 Å². The van der Waals surface area contributed by atoms with Gasteiger partial charge in [0.15, 0.2) is 11.2 Å². The zero-order valence-electron chi connectivity index (χ0n) is 14.1. The van der Waals surface area contributed by atoms with Gasteiger partial charge in [-0.2, -0.15) is 0 Å². The lowest BCUT2D eigenvalue weighted by atomic mass is 9.93. The summed E-state index contributed by atoms with van der Waals surface area (Å²) in [5.74, 6) is -3.98. The Morgan fingerprint density at radius 1 is 1.23 bits per heavy atom. The molecule has 0 radical (unpaired) electrons. The number of benzene rings is 1. The molecule has 0 saturated heterocycles. The zero-order valence-corrected chi connectivity index (χ0v) is 14.1. The fraction of sp³-hybridized carbons (Fsp3) is 0.294. The summed E-state index contributed by atoms with van der Waals surface area (Å²) in [6, 6.07) is 0. The first-order valence-electron chi connectivity index (χ1n) is 7.48. The minimum Gasteiger partial charge on any atom is -0.481 e. The van der Waals surface area contributed by atoms with E-state index in [2.05, 4.69) is 6.58 Å². The van der Waals surface area contributed by atoms with Gasteiger partial charge < -0.3 is 23.7 Å². The molecule has 0 aromatic carbocycles. The van der Waals surface area contributed by atoms with Crippen LogP contribution in [-0.4, -0.2) is 29.0 Å². The number of aliphatic carboxylic acids is 1. The van der Waals surface area contributed by atoms with E-state index in [1.807, 2.05) is 0 Å². The molecule has 0 fully saturated rings. The van der Waals surface area contributed by atoms with Crippen molar-refractivity contribution in [2.75, 3.05) is 0 Å². The Bertz CT molecular complexity index is 976. The molecule has 9 heteroatoms. The average molecular weight is 362 g/mol. The van der Waals surface area contributed by atoms with Crippen LogP contribution in [0.4, 0.5) is 0 Å². The van der Waals surface area contributed by atoms with Crippen LogP contribution in [0.25, 0.3) is 11.2 Å². The van der Waals surface area contributed by atoms with Crippen molar-refractivity contribution in [1.29, 1.82) is 0 Å². The molecule has 2 aromatic rings. The number of carbonyl (C=O) groups is 4. The number of ether oxygens (including phenoxy) is 3. The summed E-state index contributed by atoms with van der Waals surface area (Å²) in [4.78, 5) is 46.4. The maximum Gasteiger partial charge on any atom is 0.348 e. The number of hydrogen-bond donors (Lipinski definition) is 1. The SMILES string of the molecule is C=C(C)C(=O)Oc1c2c3oc1c(C(C)(C)OC(=O)CC(=O)O)c3C(=O)O2. The van der Waals surface area contributed by atoms with Crippen molar-refractivity contribution in [3.63, 3.8) is 0 Å². The molecule has 2 bridgehead atoms. The number of carboxylic acids is 1. The fourth-order valence-electron chi connectivity index (χ4n) is 2.73. The third-order valence-electron chi connectivity index (χ3n) is 3.74. The van der Waals surface area contributed by atoms with E-state index in [4.69, 9.17) is 23.7 Å². The van der Waals surface area contributed by atoms with E-state index >= 15 is 0 Å². The lowest BCUT2D eigenvalue weighted by molar-refractivity contribution is -0.161. The van der Waals surface area contributed by atoms with E-state index in [9.17, 15) is 19.2 Å². The molecule has 2 aromatic heterocycles. The van der Waals surface area contributed by atoms with Gasteiger partial charge in [-0.05, 0) is 20.8 Å². The molecule has 3 heterocycles. The highest BCUT2D eigenvalue weighted by atomic mass is 16.6. The van der Waals surface area contributed by atoms with Crippen LogP contribution in [0.15, 0.2) is 16.6 Å². The number of furan rings is 2. The number of carboxylic acid groups (broad SMARTS) is 1. The van der Waals surface area contributed by atoms with Crippen LogP contribution >= 0.6 is 0 Å². The second-order valence-corrected chi connectivity index (χ2v) is 6.28. The lowest BCUT2D eigenvalue weighted by Crippen LogP contribution is -2.28. The quantitative estimate of drug-likeness (QED) is 0.355. The molecule has 0 atom stereocenters. The Balaban J connectivity index is 2.05. The molecule has 136 valence electrons. The monoisotopic (exact) mass is 362 g/mol. The largest absolute Gasteiger partial charge is 0.481 e. The van der Waals surface area contributed by atoms with Gasteiger partial charge >= 0.3 is 23.9 Å². The van der Waals surface area contributed by atoms with Gasteiger partial charge in [0.05, 0.1) is 5.56 Å². The van der Waals surface area contributed by atoms with Crippen molar-refractivity contribution >= 4 is 35.0 Å². The van der Waals surface area contributed by atoms with Gasteiger partial charge in [0.1, 0.15) is 17.6 Å². The Hall–Kier alpha value is -3.36. The first-order chi connectivity index (χ1) is 12.0. The van der Waals surface area contributed by atoms with Gasteiger partial charge in [-0.1, -0.05) is 6.58 Å². The Labute approximate surface area is 146 Å². The van der Waals surface area contributed by atoms with Gasteiger partial charge in [-0.3, -0.25) is 9.59 Å². The van der Waals surface area contributed by atoms with Crippen LogP contribution < -0.4 is 9.47 Å². The molecule has 26 heavy (non-hydrogen) atoms. The molecule has 1 aliphatic rings. The standard InChI is InChI=1S/C17H14O9/c1-6(2)15(21)24-14-12-10(9-11(23-12)13(14)25-16(9)22)17(3,4)26-8(20)5-7(18)19/h1,5H2,2-4H3,(H,18,19). The van der Waals surface area contributed by atoms with E-state index in [1.54, 1.807) is 0 Å². The smallest absolute Gasteiger partial charge is 0.348 e. The highest BCUT2D eigenvalue weighted by molar-refractivity contribution is 6.13. The van der Waals surface area contributed by atoms with Crippen molar-refractivity contribution in [1.82, 2.24) is 0 Å². The van der Waals surface area contributed by atoms with E-state index in [1.165, 1.54) is 20.8 Å². The Kier molecular flexibility index (Phi) is 3.75. The van der Waals surface area contributed by atoms with Gasteiger partial charge in [-0.25, -0.2) is 9.59 Å². The number of carbonyl (C=O) groups excluding carboxylic acids is 3. The number of hydrogen-bond acceptors (Lipinski definition) is 8. The van der Waals surface area contributed by atoms with Gasteiger partial charge in [-0.15, -0.1) is 0 Å². The topological polar surface area (TPSA) is 129 Å². The highest BCUT2D eigenvalue weighted by Gasteiger charge is 2.47. The molecule has 0 unspecified atom stereocenters. The third-order valence-corrected chi connectivity index (χ3v) is 3.74. The normalized spacial score (nSPS) is 13.0. The molecule has 9 nitrogen and oxygen atoms in total. The number of esters is 3. The van der Waals surface area contributed by atoms with Gasteiger partial charge in [0.2, 0.25) is 11.5 Å². The summed E-state index contributed by atoms with van der Waals surface area (Å²) in [5, 5.41) is 8.70. The number of fused-ring (bicyclic) bond motifs is 1. The summed E-state index contributed by atoms with van der Waals surface area (Å²) in [7, 11) is 0. The van der Waals surface area contributed by atoms with Crippen molar-refractivity contribution in [2.45, 2.75) is 32.8 Å². The summed E-state index contributed by atoms with van der Waals surface area (Å²) >= 11 is 0. The first-order valence-corrected chi connectivity index (χ1v) is 7.48. The summed E-state index contributed by atoms with van der Waals surface area (Å²) in [5.41, 5.74) is -1.03. The summed E-state index contributed by atoms with van der Waals surface area (Å²) < 4.78 is 21.0. The molecule has 0 spiro atoms. The molecule has 0 saturated carbocycles. The second-order valence-electron chi connectivity index (χ2n) is 6.28. The van der Waals surface area contributed by atoms with Crippen LogP contribution in [-0.2, 0) is 24.7 Å². The minimum absolute atomic E-state index is 0.0126. The lowest BCUT2D eigenvalue weighted by Gasteiger charge is -2.24. The molecule has 3 rings (SSSR count). The molecule has 0 amide bonds. The van der Waals surface area contributed by atoms with E-state index in [-0.39, 0.29) is 39.4 Å². The molecular weight excluding hydrogens is 348 g/mol. The van der Waals surface area contributed by atoms with Crippen LogP contribution in [0, 0.1) is 0 Å². The van der Waals surface area contributed by atoms with Crippen molar-refractivity contribution in [3.8, 4) is 11.5 Å². The molecular formula is C17H14O9. The summed E-state index contributed by atoms with van der Waals surface area (Å²) in [6.07, 6.45) is -0.845. The minimum atomic E-state index is -1.44. The van der Waals surface area contributed by atoms with Crippen LogP contribution in [0.1, 0.15) is 43.1 Å². The first kappa shape index (κ1) is 17.5. The van der Waals surface area contributed by atoms with Crippen molar-refractivity contribution < 1.29 is 42.9 Å².